The predicted octanol–water partition coefficient (Wildman–Crippen LogP) is 0.470. The fourth-order valence-corrected chi connectivity index (χ4v) is 2.97. The largest absolute Gasteiger partial charge is 0.377 e. The lowest BCUT2D eigenvalue weighted by molar-refractivity contribution is -0.144. The molecule has 0 radical (unpaired) electrons. The number of anilines is 1. The molecule has 1 aromatic heterocycles. The summed E-state index contributed by atoms with van der Waals surface area (Å²) in [4.78, 5) is 13.8. The van der Waals surface area contributed by atoms with Gasteiger partial charge < -0.3 is 19.7 Å². The average Bonchev–Trinajstić information content (AvgIpc) is 2.81. The number of carbonyl (C=O) groups excluding carboxylic acids is 1. The van der Waals surface area contributed by atoms with E-state index in [0.717, 1.165) is 18.8 Å². The highest BCUT2D eigenvalue weighted by molar-refractivity contribution is 7.08. The monoisotopic (exact) mass is 268 g/mol. The summed E-state index contributed by atoms with van der Waals surface area (Å²) in [6.45, 7) is 3.46. The first-order valence-electron chi connectivity index (χ1n) is 6.04. The highest BCUT2D eigenvalue weighted by atomic mass is 32.1. The Morgan fingerprint density at radius 1 is 1.50 bits per heavy atom. The van der Waals surface area contributed by atoms with Crippen LogP contribution in [0.15, 0.2) is 16.8 Å². The summed E-state index contributed by atoms with van der Waals surface area (Å²) in [6, 6.07) is 1.96. The fraction of sp³-hybridized carbons (Fsp3) is 0.583. The normalized spacial score (nSPS) is 29.6. The predicted molar refractivity (Wildman–Crippen MR) is 69.0 cm³/mol. The lowest BCUT2D eigenvalue weighted by Crippen LogP contribution is -2.60. The summed E-state index contributed by atoms with van der Waals surface area (Å²) < 4.78 is 11.3. The van der Waals surface area contributed by atoms with Gasteiger partial charge in [0.1, 0.15) is 12.2 Å². The number of hydrogen-bond acceptors (Lipinski definition) is 5. The standard InChI is InChI=1S/C12H16N2O3S/c15-11-5-17-12(7-13-2-3-16-9-12)8-14(11)10-1-4-18-6-10/h1,4,6,13H,2-3,5,7-9H2. The number of amides is 1. The van der Waals surface area contributed by atoms with Gasteiger partial charge in [-0.15, -0.1) is 0 Å². The van der Waals surface area contributed by atoms with Crippen molar-refractivity contribution in [3.05, 3.63) is 16.8 Å². The van der Waals surface area contributed by atoms with Crippen molar-refractivity contribution >= 4 is 22.9 Å². The molecule has 0 saturated carbocycles. The molecule has 1 unspecified atom stereocenters. The van der Waals surface area contributed by atoms with E-state index < -0.39 is 5.60 Å². The maximum Gasteiger partial charge on any atom is 0.253 e. The maximum absolute atomic E-state index is 11.9. The molecule has 6 heteroatoms. The number of hydrogen-bond donors (Lipinski definition) is 1. The molecule has 3 heterocycles. The third kappa shape index (κ3) is 2.29. The van der Waals surface area contributed by atoms with E-state index >= 15 is 0 Å². The Kier molecular flexibility index (Phi) is 3.34. The van der Waals surface area contributed by atoms with E-state index in [1.807, 2.05) is 16.8 Å². The van der Waals surface area contributed by atoms with Crippen molar-refractivity contribution in [2.24, 2.45) is 0 Å². The van der Waals surface area contributed by atoms with Gasteiger partial charge >= 0.3 is 0 Å². The summed E-state index contributed by atoms with van der Waals surface area (Å²) in [5.41, 5.74) is 0.545. The molecule has 98 valence electrons. The lowest BCUT2D eigenvalue weighted by atomic mass is 10.0. The summed E-state index contributed by atoms with van der Waals surface area (Å²) in [5.74, 6) is 0.0169. The second-order valence-electron chi connectivity index (χ2n) is 4.66. The summed E-state index contributed by atoms with van der Waals surface area (Å²) >= 11 is 1.59. The van der Waals surface area contributed by atoms with Gasteiger partial charge in [0.2, 0.25) is 0 Å². The molecule has 1 N–H and O–H groups in total. The molecular weight excluding hydrogens is 252 g/mol. The van der Waals surface area contributed by atoms with Crippen LogP contribution in [0.4, 0.5) is 5.69 Å². The van der Waals surface area contributed by atoms with Crippen LogP contribution in [-0.4, -0.2) is 51.0 Å². The van der Waals surface area contributed by atoms with Crippen LogP contribution in [-0.2, 0) is 14.3 Å². The zero-order chi connectivity index (χ0) is 12.4. The number of nitrogens with one attached hydrogen (secondary N) is 1. The Balaban J connectivity index is 1.80. The van der Waals surface area contributed by atoms with Crippen LogP contribution in [0.1, 0.15) is 0 Å². The number of morpholine rings is 1. The summed E-state index contributed by atoms with van der Waals surface area (Å²) in [7, 11) is 0. The molecule has 0 bridgehead atoms. The molecule has 5 nitrogen and oxygen atoms in total. The minimum atomic E-state index is -0.410. The minimum Gasteiger partial charge on any atom is -0.377 e. The van der Waals surface area contributed by atoms with Crippen LogP contribution in [0.5, 0.6) is 0 Å². The van der Waals surface area contributed by atoms with E-state index in [2.05, 4.69) is 5.32 Å². The Bertz CT molecular complexity index is 413. The first-order chi connectivity index (χ1) is 8.79. The van der Waals surface area contributed by atoms with Crippen molar-refractivity contribution < 1.29 is 14.3 Å². The molecule has 0 aliphatic carbocycles. The lowest BCUT2D eigenvalue weighted by Gasteiger charge is -2.41. The van der Waals surface area contributed by atoms with Crippen LogP contribution in [0.3, 0.4) is 0 Å². The Hall–Kier alpha value is -0.950. The van der Waals surface area contributed by atoms with Gasteiger partial charge in [0.05, 0.1) is 25.4 Å². The van der Waals surface area contributed by atoms with Gasteiger partial charge in [-0.1, -0.05) is 0 Å². The fourth-order valence-electron chi connectivity index (χ4n) is 2.32. The molecule has 2 fully saturated rings. The zero-order valence-corrected chi connectivity index (χ0v) is 10.9. The smallest absolute Gasteiger partial charge is 0.253 e. The van der Waals surface area contributed by atoms with Crippen LogP contribution in [0.2, 0.25) is 0 Å². The van der Waals surface area contributed by atoms with E-state index in [1.54, 1.807) is 16.2 Å². The topological polar surface area (TPSA) is 50.8 Å². The first-order valence-corrected chi connectivity index (χ1v) is 6.98. The Morgan fingerprint density at radius 2 is 2.44 bits per heavy atom. The maximum atomic E-state index is 11.9. The third-order valence-corrected chi connectivity index (χ3v) is 3.97. The van der Waals surface area contributed by atoms with Gasteiger partial charge in [0.25, 0.3) is 5.91 Å². The Morgan fingerprint density at radius 3 is 3.28 bits per heavy atom. The van der Waals surface area contributed by atoms with Crippen LogP contribution < -0.4 is 10.2 Å². The van der Waals surface area contributed by atoms with Crippen LogP contribution >= 0.6 is 11.3 Å². The molecule has 1 atom stereocenters. The van der Waals surface area contributed by atoms with Crippen LogP contribution in [0.25, 0.3) is 0 Å². The van der Waals surface area contributed by atoms with Gasteiger partial charge in [0, 0.05) is 18.5 Å². The van der Waals surface area contributed by atoms with E-state index in [-0.39, 0.29) is 12.5 Å². The average molecular weight is 268 g/mol. The van der Waals surface area contributed by atoms with E-state index in [4.69, 9.17) is 9.47 Å². The minimum absolute atomic E-state index is 0.0169. The zero-order valence-electron chi connectivity index (χ0n) is 10.1. The molecule has 2 aliphatic rings. The van der Waals surface area contributed by atoms with Gasteiger partial charge in [0.15, 0.2) is 0 Å². The molecule has 1 aromatic rings. The highest BCUT2D eigenvalue weighted by Gasteiger charge is 2.41. The quantitative estimate of drug-likeness (QED) is 0.804. The molecule has 1 spiro atoms. The van der Waals surface area contributed by atoms with E-state index in [0.29, 0.717) is 19.8 Å². The SMILES string of the molecule is O=C1COC2(CNCCOC2)CN1c1ccsc1. The molecule has 1 amide bonds. The van der Waals surface area contributed by atoms with Crippen molar-refractivity contribution in [3.63, 3.8) is 0 Å². The van der Waals surface area contributed by atoms with E-state index in [9.17, 15) is 4.79 Å². The third-order valence-electron chi connectivity index (χ3n) is 3.30. The van der Waals surface area contributed by atoms with Gasteiger partial charge in [-0.05, 0) is 11.4 Å². The highest BCUT2D eigenvalue weighted by Crippen LogP contribution is 2.26. The summed E-state index contributed by atoms with van der Waals surface area (Å²) in [5, 5.41) is 7.27. The second kappa shape index (κ2) is 4.97. The van der Waals surface area contributed by atoms with Crippen LogP contribution in [0, 0.1) is 0 Å². The van der Waals surface area contributed by atoms with Crippen molar-refractivity contribution in [1.82, 2.24) is 5.32 Å². The van der Waals surface area contributed by atoms with Crippen molar-refractivity contribution in [1.29, 1.82) is 0 Å². The van der Waals surface area contributed by atoms with Gasteiger partial charge in [-0.3, -0.25) is 4.79 Å². The molecule has 2 aliphatic heterocycles. The Labute approximate surface area is 110 Å². The number of carbonyl (C=O) groups is 1. The van der Waals surface area contributed by atoms with Crippen molar-refractivity contribution in [3.8, 4) is 0 Å². The molecule has 0 aromatic carbocycles. The first kappa shape index (κ1) is 12.1. The number of ether oxygens (including phenoxy) is 2. The van der Waals surface area contributed by atoms with Gasteiger partial charge in [-0.2, -0.15) is 11.3 Å². The number of rotatable bonds is 1. The summed E-state index contributed by atoms with van der Waals surface area (Å²) in [6.07, 6.45) is 0. The van der Waals surface area contributed by atoms with Crippen molar-refractivity contribution in [2.45, 2.75) is 5.60 Å². The number of thiophene rings is 1. The van der Waals surface area contributed by atoms with E-state index in [1.165, 1.54) is 0 Å². The molecule has 18 heavy (non-hydrogen) atoms. The second-order valence-corrected chi connectivity index (χ2v) is 5.44. The molecule has 3 rings (SSSR count). The number of nitrogens with zero attached hydrogens (tertiary/aromatic N) is 1. The molecule has 2 saturated heterocycles. The van der Waals surface area contributed by atoms with Crippen molar-refractivity contribution in [2.75, 3.05) is 44.4 Å². The molecular formula is C12H16N2O3S. The van der Waals surface area contributed by atoms with Gasteiger partial charge in [-0.25, -0.2) is 0 Å².